The average Bonchev–Trinajstić information content (AvgIpc) is 2.54. The van der Waals surface area contributed by atoms with Crippen LogP contribution in [0.4, 0.5) is 18.9 Å². The van der Waals surface area contributed by atoms with E-state index in [-0.39, 0.29) is 24.4 Å². The molecule has 0 aromatic heterocycles. The fraction of sp³-hybridized carbons (Fsp3) is 0.250. The Hall–Kier alpha value is -2.26. The number of halogens is 3. The third-order valence-corrected chi connectivity index (χ3v) is 5.69. The number of aliphatic hydroxyl groups excluding tert-OH is 1. The van der Waals surface area contributed by atoms with Gasteiger partial charge in [0, 0.05) is 12.5 Å². The SMILES string of the molecule is O=S(=O)(c1cccc(C(F)(F)F)c1)N1C[C@H](O)Cc2ccc(O)cc21. The van der Waals surface area contributed by atoms with E-state index in [1.807, 2.05) is 0 Å². The van der Waals surface area contributed by atoms with Crippen LogP contribution >= 0.6 is 0 Å². The number of fused-ring (bicyclic) bond motifs is 1. The summed E-state index contributed by atoms with van der Waals surface area (Å²) in [5.41, 5.74) is -0.461. The molecule has 0 fully saturated rings. The number of β-amino-alcohol motifs (C(OH)–C–C–N with tert-alkyl or cyclic N) is 1. The van der Waals surface area contributed by atoms with Gasteiger partial charge in [0.05, 0.1) is 28.8 Å². The highest BCUT2D eigenvalue weighted by Gasteiger charge is 2.35. The summed E-state index contributed by atoms with van der Waals surface area (Å²) in [4.78, 5) is -0.536. The summed E-state index contributed by atoms with van der Waals surface area (Å²) in [6, 6.07) is 7.45. The summed E-state index contributed by atoms with van der Waals surface area (Å²) >= 11 is 0. The van der Waals surface area contributed by atoms with Crippen molar-refractivity contribution in [2.75, 3.05) is 10.8 Å². The monoisotopic (exact) mass is 373 g/mol. The average molecular weight is 373 g/mol. The zero-order valence-electron chi connectivity index (χ0n) is 12.7. The quantitative estimate of drug-likeness (QED) is 0.848. The predicted molar refractivity (Wildman–Crippen MR) is 83.8 cm³/mol. The van der Waals surface area contributed by atoms with Crippen LogP contribution in [0.2, 0.25) is 0 Å². The number of rotatable bonds is 2. The molecule has 9 heteroatoms. The Bertz CT molecular complexity index is 912. The number of hydrogen-bond donors (Lipinski definition) is 2. The maximum absolute atomic E-state index is 12.9. The van der Waals surface area contributed by atoms with Crippen LogP contribution in [0.1, 0.15) is 11.1 Å². The van der Waals surface area contributed by atoms with Gasteiger partial charge in [0.1, 0.15) is 5.75 Å². The van der Waals surface area contributed by atoms with Gasteiger partial charge >= 0.3 is 6.18 Å². The molecule has 0 saturated carbocycles. The van der Waals surface area contributed by atoms with Gasteiger partial charge in [0.25, 0.3) is 10.0 Å². The van der Waals surface area contributed by atoms with Crippen LogP contribution in [-0.4, -0.2) is 31.3 Å². The zero-order valence-corrected chi connectivity index (χ0v) is 13.5. The molecular formula is C16H14F3NO4S. The predicted octanol–water partition coefficient (Wildman–Crippen LogP) is 2.52. The number of anilines is 1. The summed E-state index contributed by atoms with van der Waals surface area (Å²) in [6.45, 7) is -0.310. The maximum Gasteiger partial charge on any atom is 0.416 e. The maximum atomic E-state index is 12.9. The molecule has 0 radical (unpaired) electrons. The van der Waals surface area contributed by atoms with Gasteiger partial charge < -0.3 is 10.2 Å². The number of benzene rings is 2. The molecule has 2 N–H and O–H groups in total. The molecule has 2 aromatic rings. The van der Waals surface area contributed by atoms with E-state index in [4.69, 9.17) is 0 Å². The Morgan fingerprint density at radius 1 is 1.12 bits per heavy atom. The summed E-state index contributed by atoms with van der Waals surface area (Å²) in [5.74, 6) is -0.181. The summed E-state index contributed by atoms with van der Waals surface area (Å²) < 4.78 is 65.1. The molecule has 1 heterocycles. The van der Waals surface area contributed by atoms with Crippen molar-refractivity contribution in [1.29, 1.82) is 0 Å². The summed E-state index contributed by atoms with van der Waals surface area (Å²) in [7, 11) is -4.35. The minimum Gasteiger partial charge on any atom is -0.508 e. The van der Waals surface area contributed by atoms with E-state index in [1.54, 1.807) is 0 Å². The van der Waals surface area contributed by atoms with Crippen LogP contribution < -0.4 is 4.31 Å². The topological polar surface area (TPSA) is 77.8 Å². The molecule has 134 valence electrons. The van der Waals surface area contributed by atoms with Crippen molar-refractivity contribution < 1.29 is 31.8 Å². The Kier molecular flexibility index (Phi) is 4.16. The number of hydrogen-bond acceptors (Lipinski definition) is 4. The molecule has 1 aliphatic rings. The number of nitrogens with zero attached hydrogens (tertiary/aromatic N) is 1. The van der Waals surface area contributed by atoms with Gasteiger partial charge in [0.15, 0.2) is 0 Å². The first kappa shape index (κ1) is 17.6. The number of sulfonamides is 1. The third kappa shape index (κ3) is 3.29. The fourth-order valence-electron chi connectivity index (χ4n) is 2.75. The molecule has 1 atom stereocenters. The molecule has 0 bridgehead atoms. The minimum absolute atomic E-state index is 0.141. The van der Waals surface area contributed by atoms with Gasteiger partial charge in [-0.1, -0.05) is 12.1 Å². The third-order valence-electron chi connectivity index (χ3n) is 3.92. The van der Waals surface area contributed by atoms with Crippen molar-refractivity contribution in [2.24, 2.45) is 0 Å². The second kappa shape index (κ2) is 5.92. The largest absolute Gasteiger partial charge is 0.508 e. The van der Waals surface area contributed by atoms with Gasteiger partial charge in [-0.3, -0.25) is 4.31 Å². The van der Waals surface area contributed by atoms with Gasteiger partial charge in [0.2, 0.25) is 0 Å². The van der Waals surface area contributed by atoms with E-state index in [1.165, 1.54) is 18.2 Å². The number of aliphatic hydroxyl groups is 1. The fourth-order valence-corrected chi connectivity index (χ4v) is 4.33. The zero-order chi connectivity index (χ0) is 18.4. The van der Waals surface area contributed by atoms with Crippen molar-refractivity contribution in [3.05, 3.63) is 53.6 Å². The van der Waals surface area contributed by atoms with Crippen molar-refractivity contribution in [1.82, 2.24) is 0 Å². The molecule has 1 aliphatic heterocycles. The van der Waals surface area contributed by atoms with Crippen LogP contribution in [0.25, 0.3) is 0 Å². The lowest BCUT2D eigenvalue weighted by molar-refractivity contribution is -0.137. The second-order valence-electron chi connectivity index (χ2n) is 5.73. The van der Waals surface area contributed by atoms with Crippen molar-refractivity contribution >= 4 is 15.7 Å². The van der Waals surface area contributed by atoms with Crippen molar-refractivity contribution in [2.45, 2.75) is 23.6 Å². The highest BCUT2D eigenvalue weighted by atomic mass is 32.2. The Balaban J connectivity index is 2.11. The molecule has 3 rings (SSSR count). The molecule has 2 aromatic carbocycles. The van der Waals surface area contributed by atoms with E-state index in [2.05, 4.69) is 0 Å². The smallest absolute Gasteiger partial charge is 0.416 e. The Morgan fingerprint density at radius 2 is 1.84 bits per heavy atom. The molecule has 0 amide bonds. The van der Waals surface area contributed by atoms with Crippen LogP contribution in [-0.2, 0) is 22.6 Å². The van der Waals surface area contributed by atoms with Crippen LogP contribution in [0.5, 0.6) is 5.75 Å². The van der Waals surface area contributed by atoms with E-state index < -0.39 is 32.8 Å². The highest BCUT2D eigenvalue weighted by molar-refractivity contribution is 7.92. The van der Waals surface area contributed by atoms with Crippen molar-refractivity contribution in [3.8, 4) is 5.75 Å². The standard InChI is InChI=1S/C16H14F3NO4S/c17-16(18,19)11-2-1-3-14(7-11)25(23,24)20-9-13(22)6-10-4-5-12(21)8-15(10)20/h1-5,7-8,13,21-22H,6,9H2/t13-/m1/s1. The summed E-state index contributed by atoms with van der Waals surface area (Å²) in [6.07, 6.45) is -5.49. The van der Waals surface area contributed by atoms with E-state index in [0.29, 0.717) is 11.6 Å². The van der Waals surface area contributed by atoms with Gasteiger partial charge in [-0.05, 0) is 29.8 Å². The molecule has 0 spiro atoms. The molecular weight excluding hydrogens is 359 g/mol. The van der Waals surface area contributed by atoms with Crippen molar-refractivity contribution in [3.63, 3.8) is 0 Å². The molecule has 5 nitrogen and oxygen atoms in total. The molecule has 0 aliphatic carbocycles. The number of aromatic hydroxyl groups is 1. The second-order valence-corrected chi connectivity index (χ2v) is 7.60. The van der Waals surface area contributed by atoms with Crippen LogP contribution in [0.15, 0.2) is 47.4 Å². The summed E-state index contributed by atoms with van der Waals surface area (Å²) in [5, 5.41) is 19.6. The van der Waals surface area contributed by atoms with Gasteiger partial charge in [-0.15, -0.1) is 0 Å². The molecule has 0 unspecified atom stereocenters. The Labute approximate surface area is 142 Å². The lowest BCUT2D eigenvalue weighted by atomic mass is 10.0. The van der Waals surface area contributed by atoms with E-state index in [9.17, 15) is 31.8 Å². The highest BCUT2D eigenvalue weighted by Crippen LogP contribution is 2.36. The number of phenolic OH excluding ortho intramolecular Hbond substituents is 1. The van der Waals surface area contributed by atoms with E-state index in [0.717, 1.165) is 22.5 Å². The molecule has 0 saturated heterocycles. The molecule has 25 heavy (non-hydrogen) atoms. The van der Waals surface area contributed by atoms with Crippen LogP contribution in [0.3, 0.4) is 0 Å². The first-order valence-corrected chi connectivity index (χ1v) is 8.73. The number of phenols is 1. The van der Waals surface area contributed by atoms with Gasteiger partial charge in [-0.25, -0.2) is 8.42 Å². The lowest BCUT2D eigenvalue weighted by Gasteiger charge is -2.33. The normalized spacial score (nSPS) is 18.1. The first-order chi connectivity index (χ1) is 11.6. The first-order valence-electron chi connectivity index (χ1n) is 7.29. The van der Waals surface area contributed by atoms with Gasteiger partial charge in [-0.2, -0.15) is 13.2 Å². The minimum atomic E-state index is -4.68. The number of alkyl halides is 3. The lowest BCUT2D eigenvalue weighted by Crippen LogP contribution is -2.42. The van der Waals surface area contributed by atoms with E-state index >= 15 is 0 Å². The Morgan fingerprint density at radius 3 is 2.52 bits per heavy atom. The van der Waals surface area contributed by atoms with Crippen LogP contribution in [0, 0.1) is 0 Å².